The largest absolute Gasteiger partial charge is 0.483 e. The Morgan fingerprint density at radius 1 is 0.705 bits per heavy atom. The molecule has 2 aromatic carbocycles. The third-order valence-electron chi connectivity index (χ3n) is 7.25. The van der Waals surface area contributed by atoms with Gasteiger partial charge in [-0.05, 0) is 99.5 Å². The molecule has 0 N–H and O–H groups in total. The molecule has 0 saturated heterocycles. The summed E-state index contributed by atoms with van der Waals surface area (Å²) in [5.41, 5.74) is 2.99. The number of nitrogens with zero attached hydrogens (tertiary/aromatic N) is 3. The van der Waals surface area contributed by atoms with Crippen molar-refractivity contribution in [3.8, 4) is 11.5 Å². The second-order valence-electron chi connectivity index (χ2n) is 11.8. The van der Waals surface area contributed by atoms with Gasteiger partial charge in [0.15, 0.2) is 0 Å². The van der Waals surface area contributed by atoms with Gasteiger partial charge in [-0.1, -0.05) is 15.9 Å². The molecular weight excluding hydrogens is 626 g/mol. The van der Waals surface area contributed by atoms with Gasteiger partial charge < -0.3 is 18.6 Å². The lowest BCUT2D eigenvalue weighted by atomic mass is 9.90. The standard InChI is InChI=1S/C17H16BrNO2.C17H16N2O4/c1-17(2)10-14(12-5-4-8-19(3)16(12)20)13-9-11(18)6-7-15(13)21-17;1-17(2)10-14(12-5-4-8-18(3)16(12)20)13-9-11(19(21)22)6-7-15(13)23-17/h4-10H,1-3H3;4-10H,1-3H3. The monoisotopic (exact) mass is 657 g/mol. The highest BCUT2D eigenvalue weighted by molar-refractivity contribution is 9.10. The first-order valence-electron chi connectivity index (χ1n) is 13.9. The number of aromatic nitrogens is 2. The van der Waals surface area contributed by atoms with Crippen LogP contribution >= 0.6 is 15.9 Å². The van der Waals surface area contributed by atoms with E-state index in [2.05, 4.69) is 15.9 Å². The van der Waals surface area contributed by atoms with Crippen molar-refractivity contribution in [1.29, 1.82) is 0 Å². The molecule has 226 valence electrons. The average molecular weight is 659 g/mol. The van der Waals surface area contributed by atoms with Crippen LogP contribution in [0.1, 0.15) is 49.9 Å². The maximum atomic E-state index is 12.5. The lowest BCUT2D eigenvalue weighted by Crippen LogP contribution is -2.30. The van der Waals surface area contributed by atoms with Crippen molar-refractivity contribution >= 4 is 32.8 Å². The lowest BCUT2D eigenvalue weighted by molar-refractivity contribution is -0.384. The number of hydrogen-bond donors (Lipinski definition) is 0. The van der Waals surface area contributed by atoms with Crippen molar-refractivity contribution in [2.75, 3.05) is 0 Å². The second-order valence-corrected chi connectivity index (χ2v) is 12.7. The van der Waals surface area contributed by atoms with Gasteiger partial charge in [-0.15, -0.1) is 0 Å². The summed E-state index contributed by atoms with van der Waals surface area (Å²) >= 11 is 3.49. The topological polar surface area (TPSA) is 106 Å². The summed E-state index contributed by atoms with van der Waals surface area (Å²) in [5, 5.41) is 11.1. The molecule has 2 aliphatic heterocycles. The van der Waals surface area contributed by atoms with Crippen LogP contribution in [0.15, 0.2) is 99.3 Å². The van der Waals surface area contributed by atoms with E-state index in [4.69, 9.17) is 9.47 Å². The molecule has 4 aromatic rings. The highest BCUT2D eigenvalue weighted by Gasteiger charge is 2.30. The van der Waals surface area contributed by atoms with Crippen molar-refractivity contribution < 1.29 is 14.4 Å². The molecule has 0 fully saturated rings. The number of rotatable bonds is 3. The number of halogens is 1. The van der Waals surface area contributed by atoms with E-state index in [-0.39, 0.29) is 16.8 Å². The molecule has 2 aromatic heterocycles. The molecule has 0 aliphatic carbocycles. The predicted molar refractivity (Wildman–Crippen MR) is 174 cm³/mol. The van der Waals surface area contributed by atoms with E-state index >= 15 is 0 Å². The lowest BCUT2D eigenvalue weighted by Gasteiger charge is -2.31. The summed E-state index contributed by atoms with van der Waals surface area (Å²) in [6.07, 6.45) is 7.28. The molecule has 0 atom stereocenters. The summed E-state index contributed by atoms with van der Waals surface area (Å²) in [6, 6.07) is 17.5. The van der Waals surface area contributed by atoms with Crippen molar-refractivity contribution in [1.82, 2.24) is 9.13 Å². The van der Waals surface area contributed by atoms with Crippen LogP contribution < -0.4 is 20.6 Å². The van der Waals surface area contributed by atoms with E-state index in [1.54, 1.807) is 49.3 Å². The van der Waals surface area contributed by atoms with E-state index in [0.717, 1.165) is 21.4 Å². The summed E-state index contributed by atoms with van der Waals surface area (Å²) in [7, 11) is 3.43. The van der Waals surface area contributed by atoms with Gasteiger partial charge in [0.2, 0.25) is 0 Å². The van der Waals surface area contributed by atoms with Crippen molar-refractivity contribution in [3.05, 3.63) is 143 Å². The molecule has 44 heavy (non-hydrogen) atoms. The number of pyridine rings is 2. The molecule has 0 saturated carbocycles. The SMILES string of the molecule is Cn1cccc(C2=CC(C)(C)Oc3ccc(Br)cc32)c1=O.Cn1cccc(C2=CC(C)(C)Oc3ccc([N+](=O)[O-])cc32)c1=O. The van der Waals surface area contributed by atoms with Crippen LogP contribution in [0.5, 0.6) is 11.5 Å². The first kappa shape index (κ1) is 30.7. The number of hydrogen-bond acceptors (Lipinski definition) is 6. The van der Waals surface area contributed by atoms with Gasteiger partial charge in [-0.2, -0.15) is 0 Å². The molecule has 6 rings (SSSR count). The van der Waals surface area contributed by atoms with Crippen LogP contribution in [0.3, 0.4) is 0 Å². The minimum atomic E-state index is -0.612. The van der Waals surface area contributed by atoms with E-state index in [0.29, 0.717) is 28.0 Å². The van der Waals surface area contributed by atoms with Gasteiger partial charge in [-0.3, -0.25) is 19.7 Å². The number of benzene rings is 2. The Morgan fingerprint density at radius 2 is 1.16 bits per heavy atom. The third-order valence-corrected chi connectivity index (χ3v) is 7.75. The van der Waals surface area contributed by atoms with Crippen molar-refractivity contribution in [2.45, 2.75) is 38.9 Å². The minimum absolute atomic E-state index is 0.00706. The zero-order valence-corrected chi connectivity index (χ0v) is 26.8. The van der Waals surface area contributed by atoms with Gasteiger partial charge >= 0.3 is 0 Å². The Hall–Kier alpha value is -4.70. The maximum Gasteiger partial charge on any atom is 0.270 e. The number of nitro groups is 1. The molecule has 0 spiro atoms. The number of aryl methyl sites for hydroxylation is 2. The van der Waals surface area contributed by atoms with Crippen LogP contribution in [0.25, 0.3) is 11.1 Å². The molecule has 9 nitrogen and oxygen atoms in total. The Balaban J connectivity index is 0.000000175. The van der Waals surface area contributed by atoms with Gasteiger partial charge in [0.1, 0.15) is 22.7 Å². The smallest absolute Gasteiger partial charge is 0.270 e. The van der Waals surface area contributed by atoms with Gasteiger partial charge in [0.05, 0.1) is 4.92 Å². The first-order valence-corrected chi connectivity index (χ1v) is 14.7. The van der Waals surface area contributed by atoms with E-state index in [1.807, 2.05) is 70.2 Å². The van der Waals surface area contributed by atoms with Gasteiger partial charge in [-0.25, -0.2) is 0 Å². The zero-order chi connectivity index (χ0) is 32.0. The molecular formula is C34H32BrN3O6. The summed E-state index contributed by atoms with van der Waals surface area (Å²) in [5.74, 6) is 1.33. The summed E-state index contributed by atoms with van der Waals surface area (Å²) < 4.78 is 15.9. The van der Waals surface area contributed by atoms with Crippen LogP contribution in [0.4, 0.5) is 5.69 Å². The van der Waals surface area contributed by atoms with Gasteiger partial charge in [0, 0.05) is 65.3 Å². The normalized spacial score (nSPS) is 15.6. The number of fused-ring (bicyclic) bond motifs is 2. The summed E-state index contributed by atoms with van der Waals surface area (Å²) in [4.78, 5) is 35.5. The second kappa shape index (κ2) is 11.4. The Labute approximate surface area is 263 Å². The fraction of sp³-hybridized carbons (Fsp3) is 0.235. The van der Waals surface area contributed by atoms with Gasteiger partial charge in [0.25, 0.3) is 16.8 Å². The van der Waals surface area contributed by atoms with Crippen LogP contribution in [-0.4, -0.2) is 25.3 Å². The third kappa shape index (κ3) is 6.16. The molecule has 0 amide bonds. The zero-order valence-electron chi connectivity index (χ0n) is 25.3. The Kier molecular flexibility index (Phi) is 7.98. The Morgan fingerprint density at radius 3 is 1.64 bits per heavy atom. The quantitative estimate of drug-likeness (QED) is 0.180. The molecule has 0 bridgehead atoms. The number of non-ortho nitro benzene ring substituents is 1. The van der Waals surface area contributed by atoms with Crippen LogP contribution in [0, 0.1) is 10.1 Å². The van der Waals surface area contributed by atoms with E-state index < -0.39 is 16.1 Å². The molecule has 10 heteroatoms. The van der Waals surface area contributed by atoms with Crippen LogP contribution in [0.2, 0.25) is 0 Å². The molecule has 0 unspecified atom stereocenters. The molecule has 4 heterocycles. The fourth-order valence-corrected chi connectivity index (χ4v) is 5.62. The highest BCUT2D eigenvalue weighted by Crippen LogP contribution is 2.41. The molecule has 2 aliphatic rings. The van der Waals surface area contributed by atoms with E-state index in [9.17, 15) is 19.7 Å². The minimum Gasteiger partial charge on any atom is -0.483 e. The van der Waals surface area contributed by atoms with Crippen molar-refractivity contribution in [3.63, 3.8) is 0 Å². The van der Waals surface area contributed by atoms with E-state index in [1.165, 1.54) is 16.7 Å². The average Bonchev–Trinajstić information content (AvgIpc) is 2.95. The fourth-order valence-electron chi connectivity index (χ4n) is 5.26. The first-order chi connectivity index (χ1) is 20.7. The van der Waals surface area contributed by atoms with Crippen molar-refractivity contribution in [2.24, 2.45) is 14.1 Å². The maximum absolute atomic E-state index is 12.5. The summed E-state index contributed by atoms with van der Waals surface area (Å²) in [6.45, 7) is 7.74. The number of nitro benzene ring substituents is 1. The number of ether oxygens (including phenoxy) is 2. The predicted octanol–water partition coefficient (Wildman–Crippen LogP) is 6.65. The van der Waals surface area contributed by atoms with Crippen LogP contribution in [-0.2, 0) is 14.1 Å². The Bertz CT molecular complexity index is 1980. The molecule has 0 radical (unpaired) electrons. The highest BCUT2D eigenvalue weighted by atomic mass is 79.9.